The minimum absolute atomic E-state index is 0.0233. The number of nitrogens with zero attached hydrogens (tertiary/aromatic N) is 2. The number of nitrogens with two attached hydrogens (primary N) is 1. The van der Waals surface area contributed by atoms with Crippen LogP contribution in [-0.4, -0.2) is 171 Å². The topological polar surface area (TPSA) is 258 Å². The number of hydrogen-bond acceptors (Lipinski definition) is 17. The molecule has 2 aliphatic heterocycles. The van der Waals surface area contributed by atoms with Crippen LogP contribution in [0.3, 0.4) is 0 Å². The first-order chi connectivity index (χ1) is 40.5. The van der Waals surface area contributed by atoms with Crippen LogP contribution in [0.15, 0.2) is 47.3 Å². The van der Waals surface area contributed by atoms with E-state index in [0.29, 0.717) is 171 Å². The first kappa shape index (κ1) is 64.8. The minimum Gasteiger partial charge on any atom is -0.460 e. The molecule has 0 spiro atoms. The third-order valence-electron chi connectivity index (χ3n) is 14.8. The highest BCUT2D eigenvalue weighted by molar-refractivity contribution is 5.95. The summed E-state index contributed by atoms with van der Waals surface area (Å²) in [7, 11) is 0. The van der Waals surface area contributed by atoms with Gasteiger partial charge < -0.3 is 73.6 Å². The van der Waals surface area contributed by atoms with Gasteiger partial charge in [0.05, 0.1) is 153 Å². The summed E-state index contributed by atoms with van der Waals surface area (Å²) in [6, 6.07) is 9.87. The molecular weight excluding hydrogens is 1080 g/mol. The number of esters is 1. The third-order valence-corrected chi connectivity index (χ3v) is 14.8. The van der Waals surface area contributed by atoms with Crippen molar-refractivity contribution in [3.63, 3.8) is 0 Å². The van der Waals surface area contributed by atoms with Gasteiger partial charge in [-0.2, -0.15) is 0 Å². The average molecular weight is 1160 g/mol. The van der Waals surface area contributed by atoms with Gasteiger partial charge in [0.15, 0.2) is 0 Å². The summed E-state index contributed by atoms with van der Waals surface area (Å²) in [6.07, 6.45) is 3.83. The fourth-order valence-electron chi connectivity index (χ4n) is 10.5. The Kier molecular flexibility index (Phi) is 27.2. The van der Waals surface area contributed by atoms with E-state index in [2.05, 4.69) is 22.9 Å². The highest BCUT2D eigenvalue weighted by Crippen LogP contribution is 2.45. The molecule has 1 aliphatic carbocycles. The molecule has 0 unspecified atom stereocenters. The average Bonchev–Trinajstić information content (AvgIpc) is 2.07. The molecule has 4 heterocycles. The number of unbranched alkanes of at least 4 members (excludes halogenated alkanes) is 1. The van der Waals surface area contributed by atoms with Crippen LogP contribution >= 0.6 is 0 Å². The van der Waals surface area contributed by atoms with E-state index in [1.807, 2.05) is 43.3 Å². The number of halogens is 1. The van der Waals surface area contributed by atoms with Gasteiger partial charge in [-0.05, 0) is 92.3 Å². The number of pyridine rings is 2. The van der Waals surface area contributed by atoms with Gasteiger partial charge in [-0.3, -0.25) is 24.0 Å². The fraction of sp³-hybridized carbons (Fsp3) is 0.607. The summed E-state index contributed by atoms with van der Waals surface area (Å²) in [5.41, 5.74) is 11.6. The van der Waals surface area contributed by atoms with E-state index in [9.17, 15) is 24.0 Å². The number of carbonyl (C=O) groups excluding carboxylic acids is 4. The van der Waals surface area contributed by atoms with E-state index in [1.54, 1.807) is 11.5 Å². The number of cyclic esters (lactones) is 1. The first-order valence-electron chi connectivity index (χ1n) is 29.5. The molecular formula is C61H85FN6O15. The fourth-order valence-corrected chi connectivity index (χ4v) is 10.5. The summed E-state index contributed by atoms with van der Waals surface area (Å²) < 4.78 is 72.4. The van der Waals surface area contributed by atoms with Crippen molar-refractivity contribution in [3.8, 4) is 11.4 Å². The van der Waals surface area contributed by atoms with Crippen molar-refractivity contribution in [3.05, 3.63) is 97.6 Å². The number of aryl methyl sites for hydroxylation is 1. The van der Waals surface area contributed by atoms with E-state index in [4.69, 9.17) is 58.1 Å². The molecule has 0 fully saturated rings. The number of aromatic nitrogens is 2. The second-order valence-corrected chi connectivity index (χ2v) is 20.6. The molecule has 456 valence electrons. The van der Waals surface area contributed by atoms with E-state index >= 15 is 4.39 Å². The van der Waals surface area contributed by atoms with Gasteiger partial charge in [0.2, 0.25) is 17.7 Å². The van der Waals surface area contributed by atoms with Crippen LogP contribution in [-0.2, 0) is 92.5 Å². The van der Waals surface area contributed by atoms with Crippen LogP contribution in [0, 0.1) is 12.7 Å². The Morgan fingerprint density at radius 3 is 1.87 bits per heavy atom. The molecule has 0 saturated heterocycles. The van der Waals surface area contributed by atoms with Crippen LogP contribution in [0.4, 0.5) is 4.39 Å². The Morgan fingerprint density at radius 2 is 1.30 bits per heavy atom. The molecule has 2 aromatic carbocycles. The Balaban J connectivity index is 0.843. The highest BCUT2D eigenvalue weighted by atomic mass is 19.1. The van der Waals surface area contributed by atoms with Crippen molar-refractivity contribution in [1.29, 1.82) is 0 Å². The summed E-state index contributed by atoms with van der Waals surface area (Å²) in [5.74, 6) is -2.80. The van der Waals surface area contributed by atoms with Crippen LogP contribution < -0.4 is 27.2 Å². The predicted molar refractivity (Wildman–Crippen MR) is 306 cm³/mol. The number of benzene rings is 2. The quantitative estimate of drug-likeness (QED) is 0.0302. The maximum atomic E-state index is 15.6. The molecule has 21 nitrogen and oxygen atoms in total. The van der Waals surface area contributed by atoms with Crippen LogP contribution in [0.5, 0.6) is 0 Å². The minimum atomic E-state index is -1.03. The summed E-state index contributed by atoms with van der Waals surface area (Å²) in [6.45, 7) is 14.0. The monoisotopic (exact) mass is 1160 g/mol. The standard InChI is InChI=1S/C61H85FN6O15/c1-4-18-74-20-22-76-24-26-78-28-30-80-32-34-82-35-33-81-31-29-79-27-25-77-23-21-75-19-16-54(69)64-52(36-42-11-7-6-8-12-42)59(71)67-50(13-9-10-17-63)58(70)66-49-15-14-44-41(3)48(62)38-51-55(44)56(49)46-39-68-53(57(46)65-51)37-45-43(5-2)61(73)83-40-47(45)60(68)72/h6-8,11-12,37-38,43,49-50,52H,4-5,9-10,13-36,39-40,63H2,1-3H3,(H,64,69)(H,66,70)(H,67,71)/t43-,49+,50+,52+/m1/s1. The number of hydrogen-bond donors (Lipinski definition) is 4. The zero-order valence-corrected chi connectivity index (χ0v) is 48.5. The van der Waals surface area contributed by atoms with Crippen molar-refractivity contribution in [1.82, 2.24) is 25.5 Å². The lowest BCUT2D eigenvalue weighted by Gasteiger charge is -2.31. The zero-order valence-electron chi connectivity index (χ0n) is 48.5. The van der Waals surface area contributed by atoms with Crippen molar-refractivity contribution >= 4 is 34.6 Å². The van der Waals surface area contributed by atoms with E-state index in [1.165, 1.54) is 6.07 Å². The molecule has 22 heteroatoms. The van der Waals surface area contributed by atoms with Gasteiger partial charge in [-0.15, -0.1) is 0 Å². The molecule has 0 radical (unpaired) electrons. The predicted octanol–water partition coefficient (Wildman–Crippen LogP) is 4.82. The molecule has 5 N–H and O–H groups in total. The van der Waals surface area contributed by atoms with E-state index in [0.717, 1.165) is 40.7 Å². The lowest BCUT2D eigenvalue weighted by atomic mass is 9.81. The molecule has 83 heavy (non-hydrogen) atoms. The summed E-state index contributed by atoms with van der Waals surface area (Å²) >= 11 is 0. The molecule has 4 atom stereocenters. The largest absolute Gasteiger partial charge is 0.460 e. The van der Waals surface area contributed by atoms with Crippen LogP contribution in [0.2, 0.25) is 0 Å². The molecule has 0 saturated carbocycles. The van der Waals surface area contributed by atoms with Crippen molar-refractivity contribution in [2.24, 2.45) is 5.73 Å². The maximum Gasteiger partial charge on any atom is 0.313 e. The van der Waals surface area contributed by atoms with E-state index < -0.39 is 53.6 Å². The first-order valence-corrected chi connectivity index (χ1v) is 29.5. The number of ether oxygens (including phenoxy) is 10. The molecule has 3 aliphatic rings. The van der Waals surface area contributed by atoms with Crippen molar-refractivity contribution < 1.29 is 70.9 Å². The van der Waals surface area contributed by atoms with Gasteiger partial charge in [-0.25, -0.2) is 9.37 Å². The lowest BCUT2D eigenvalue weighted by molar-refractivity contribution is -0.148. The highest BCUT2D eigenvalue weighted by Gasteiger charge is 2.39. The van der Waals surface area contributed by atoms with Gasteiger partial charge >= 0.3 is 5.97 Å². The zero-order chi connectivity index (χ0) is 58.8. The van der Waals surface area contributed by atoms with E-state index in [-0.39, 0.29) is 51.2 Å². The molecule has 0 bridgehead atoms. The normalized spacial score (nSPS) is 15.8. The van der Waals surface area contributed by atoms with Gasteiger partial charge in [0, 0.05) is 36.5 Å². The van der Waals surface area contributed by atoms with Crippen molar-refractivity contribution in [2.75, 3.05) is 125 Å². The summed E-state index contributed by atoms with van der Waals surface area (Å²) in [5, 5.41) is 9.83. The number of nitrogens with one attached hydrogen (secondary N) is 3. The Morgan fingerprint density at radius 1 is 0.723 bits per heavy atom. The van der Waals surface area contributed by atoms with Crippen molar-refractivity contribution in [2.45, 2.75) is 116 Å². The maximum absolute atomic E-state index is 15.6. The van der Waals surface area contributed by atoms with Crippen LogP contribution in [0.25, 0.3) is 22.3 Å². The smallest absolute Gasteiger partial charge is 0.313 e. The Hall–Kier alpha value is -5.79. The second kappa shape index (κ2) is 34.9. The Bertz CT molecular complexity index is 2780. The van der Waals surface area contributed by atoms with Crippen LogP contribution in [0.1, 0.15) is 110 Å². The molecule has 4 aromatic rings. The Labute approximate surface area is 485 Å². The third kappa shape index (κ3) is 18.9. The molecule has 7 rings (SSSR count). The molecule has 2 aromatic heterocycles. The number of carbonyl (C=O) groups is 4. The van der Waals surface area contributed by atoms with Gasteiger partial charge in [-0.1, -0.05) is 44.2 Å². The molecule has 3 amide bonds. The van der Waals surface area contributed by atoms with Gasteiger partial charge in [0.1, 0.15) is 24.5 Å². The summed E-state index contributed by atoms with van der Waals surface area (Å²) in [4.78, 5) is 74.5. The van der Waals surface area contributed by atoms with Gasteiger partial charge in [0.25, 0.3) is 5.56 Å². The second-order valence-electron chi connectivity index (χ2n) is 20.6. The SMILES string of the molecule is CCCOCCOCCOCCOCCOCCOCCOCCOCCOCCC(=O)N[C@@H](Cc1ccccc1)C(=O)N[C@@H](CCCCN)C(=O)N[C@H]1CCc2c(C)c(F)cc3nc4c(c1c23)Cn1c-4cc2c(c1=O)COC(=O)[C@@H]2CC. The number of rotatable bonds is 41. The number of fused-ring (bicyclic) bond motifs is 5. The number of amides is 3. The lowest BCUT2D eigenvalue weighted by Crippen LogP contribution is -2.55.